The molecular formula is C11H13N3S. The van der Waals surface area contributed by atoms with E-state index in [-0.39, 0.29) is 0 Å². The van der Waals surface area contributed by atoms with E-state index in [1.54, 1.807) is 11.8 Å². The lowest BCUT2D eigenvalue weighted by Gasteiger charge is -2.03. The van der Waals surface area contributed by atoms with E-state index < -0.39 is 0 Å². The smallest absolute Gasteiger partial charge is 0.183 e. The summed E-state index contributed by atoms with van der Waals surface area (Å²) in [6.45, 7) is 4.24. The van der Waals surface area contributed by atoms with Gasteiger partial charge < -0.3 is 0 Å². The summed E-state index contributed by atoms with van der Waals surface area (Å²) in [6.07, 6.45) is 1.53. The van der Waals surface area contributed by atoms with Crippen molar-refractivity contribution in [2.24, 2.45) is 0 Å². The van der Waals surface area contributed by atoms with Gasteiger partial charge in [-0.1, -0.05) is 41.1 Å². The van der Waals surface area contributed by atoms with Gasteiger partial charge in [0, 0.05) is 5.75 Å². The van der Waals surface area contributed by atoms with Crippen LogP contribution >= 0.6 is 11.8 Å². The molecule has 1 heterocycles. The van der Waals surface area contributed by atoms with Gasteiger partial charge >= 0.3 is 0 Å². The van der Waals surface area contributed by atoms with Gasteiger partial charge in [0.25, 0.3) is 0 Å². The SMILES string of the molecule is Cc1cc(C)cc(CSc2ncn[nH]2)c1. The fourth-order valence-electron chi connectivity index (χ4n) is 1.57. The summed E-state index contributed by atoms with van der Waals surface area (Å²) >= 11 is 1.67. The molecule has 78 valence electrons. The minimum Gasteiger partial charge on any atom is -0.254 e. The lowest BCUT2D eigenvalue weighted by Crippen LogP contribution is -1.86. The van der Waals surface area contributed by atoms with Crippen LogP contribution in [-0.4, -0.2) is 15.2 Å². The maximum atomic E-state index is 4.07. The minimum atomic E-state index is 0.870. The maximum absolute atomic E-state index is 4.07. The van der Waals surface area contributed by atoms with Crippen LogP contribution < -0.4 is 0 Å². The molecule has 0 aliphatic heterocycles. The van der Waals surface area contributed by atoms with Gasteiger partial charge in [-0.15, -0.1) is 0 Å². The number of aromatic amines is 1. The van der Waals surface area contributed by atoms with Crippen molar-refractivity contribution >= 4 is 11.8 Å². The highest BCUT2D eigenvalue weighted by molar-refractivity contribution is 7.98. The predicted octanol–water partition coefficient (Wildman–Crippen LogP) is 2.71. The molecule has 2 rings (SSSR count). The van der Waals surface area contributed by atoms with E-state index in [1.165, 1.54) is 23.0 Å². The zero-order valence-corrected chi connectivity index (χ0v) is 9.64. The second kappa shape index (κ2) is 4.49. The van der Waals surface area contributed by atoms with Gasteiger partial charge in [-0.05, 0) is 19.4 Å². The molecule has 0 unspecified atom stereocenters. The van der Waals surface area contributed by atoms with Crippen LogP contribution in [0.1, 0.15) is 16.7 Å². The lowest BCUT2D eigenvalue weighted by molar-refractivity contribution is 0.972. The summed E-state index contributed by atoms with van der Waals surface area (Å²) < 4.78 is 0. The number of benzene rings is 1. The molecule has 2 aromatic rings. The molecule has 0 atom stereocenters. The molecule has 15 heavy (non-hydrogen) atoms. The molecule has 0 saturated heterocycles. The van der Waals surface area contributed by atoms with E-state index in [1.807, 2.05) is 0 Å². The molecule has 4 heteroatoms. The van der Waals surface area contributed by atoms with Crippen molar-refractivity contribution in [1.82, 2.24) is 15.2 Å². The molecule has 0 spiro atoms. The summed E-state index contributed by atoms with van der Waals surface area (Å²) in [5.74, 6) is 0.928. The van der Waals surface area contributed by atoms with Crippen molar-refractivity contribution in [2.75, 3.05) is 0 Å². The third kappa shape index (κ3) is 2.83. The quantitative estimate of drug-likeness (QED) is 0.807. The maximum Gasteiger partial charge on any atom is 0.183 e. The van der Waals surface area contributed by atoms with E-state index in [9.17, 15) is 0 Å². The normalized spacial score (nSPS) is 10.5. The first-order valence-corrected chi connectivity index (χ1v) is 5.78. The Morgan fingerprint density at radius 2 is 1.93 bits per heavy atom. The standard InChI is InChI=1S/C11H13N3S/c1-8-3-9(2)5-10(4-8)6-15-11-12-7-13-14-11/h3-5,7H,6H2,1-2H3,(H,12,13,14). The highest BCUT2D eigenvalue weighted by Gasteiger charge is 1.99. The average Bonchev–Trinajstić information content (AvgIpc) is 2.65. The van der Waals surface area contributed by atoms with Crippen LogP contribution in [0, 0.1) is 13.8 Å². The molecular weight excluding hydrogens is 206 g/mol. The summed E-state index contributed by atoms with van der Waals surface area (Å²) in [5, 5.41) is 7.52. The van der Waals surface area contributed by atoms with Crippen molar-refractivity contribution < 1.29 is 0 Å². The number of rotatable bonds is 3. The number of nitrogens with one attached hydrogen (secondary N) is 1. The Morgan fingerprint density at radius 1 is 1.20 bits per heavy atom. The molecule has 0 amide bonds. The number of thioether (sulfide) groups is 1. The molecule has 0 aliphatic carbocycles. The first-order valence-electron chi connectivity index (χ1n) is 4.79. The van der Waals surface area contributed by atoms with Gasteiger partial charge in [-0.25, -0.2) is 4.98 Å². The van der Waals surface area contributed by atoms with Gasteiger partial charge in [-0.2, -0.15) is 5.10 Å². The number of aromatic nitrogens is 3. The van der Waals surface area contributed by atoms with Crippen LogP contribution in [-0.2, 0) is 5.75 Å². The van der Waals surface area contributed by atoms with Crippen LogP contribution in [0.4, 0.5) is 0 Å². The zero-order chi connectivity index (χ0) is 10.7. The molecule has 1 aromatic carbocycles. The van der Waals surface area contributed by atoms with E-state index in [0.29, 0.717) is 0 Å². The van der Waals surface area contributed by atoms with E-state index >= 15 is 0 Å². The van der Waals surface area contributed by atoms with Crippen LogP contribution in [0.5, 0.6) is 0 Å². The first kappa shape index (κ1) is 10.2. The fourth-order valence-corrected chi connectivity index (χ4v) is 2.28. The minimum absolute atomic E-state index is 0.870. The van der Waals surface area contributed by atoms with E-state index in [0.717, 1.165) is 10.9 Å². The Kier molecular flexibility index (Phi) is 3.06. The molecule has 0 aliphatic rings. The van der Waals surface area contributed by atoms with Crippen molar-refractivity contribution in [3.05, 3.63) is 41.2 Å². The van der Waals surface area contributed by atoms with Crippen LogP contribution in [0.25, 0.3) is 0 Å². The van der Waals surface area contributed by atoms with Gasteiger partial charge in [0.2, 0.25) is 0 Å². The van der Waals surface area contributed by atoms with Crippen molar-refractivity contribution in [2.45, 2.75) is 24.8 Å². The Labute approximate surface area is 93.3 Å². The largest absolute Gasteiger partial charge is 0.254 e. The average molecular weight is 219 g/mol. The van der Waals surface area contributed by atoms with Gasteiger partial charge in [0.1, 0.15) is 6.33 Å². The monoisotopic (exact) mass is 219 g/mol. The Morgan fingerprint density at radius 3 is 2.53 bits per heavy atom. The highest BCUT2D eigenvalue weighted by atomic mass is 32.2. The molecule has 1 aromatic heterocycles. The van der Waals surface area contributed by atoms with Gasteiger partial charge in [0.05, 0.1) is 0 Å². The molecule has 1 N–H and O–H groups in total. The topological polar surface area (TPSA) is 41.6 Å². The molecule has 3 nitrogen and oxygen atoms in total. The molecule has 0 saturated carbocycles. The molecule has 0 radical (unpaired) electrons. The number of hydrogen-bond donors (Lipinski definition) is 1. The van der Waals surface area contributed by atoms with Crippen LogP contribution in [0.2, 0.25) is 0 Å². The van der Waals surface area contributed by atoms with E-state index in [4.69, 9.17) is 0 Å². The van der Waals surface area contributed by atoms with Crippen molar-refractivity contribution in [3.63, 3.8) is 0 Å². The Hall–Kier alpha value is -1.29. The molecule has 0 fully saturated rings. The Balaban J connectivity index is 2.05. The van der Waals surface area contributed by atoms with E-state index in [2.05, 4.69) is 47.2 Å². The van der Waals surface area contributed by atoms with Crippen LogP contribution in [0.3, 0.4) is 0 Å². The predicted molar refractivity (Wildman–Crippen MR) is 61.9 cm³/mol. The number of aryl methyl sites for hydroxylation is 2. The van der Waals surface area contributed by atoms with Gasteiger partial charge in [0.15, 0.2) is 5.16 Å². The first-order chi connectivity index (χ1) is 7.24. The number of hydrogen-bond acceptors (Lipinski definition) is 3. The van der Waals surface area contributed by atoms with Crippen LogP contribution in [0.15, 0.2) is 29.7 Å². The molecule has 0 bridgehead atoms. The van der Waals surface area contributed by atoms with Gasteiger partial charge in [-0.3, -0.25) is 5.10 Å². The third-order valence-corrected chi connectivity index (χ3v) is 3.00. The Bertz CT molecular complexity index is 417. The number of H-pyrrole nitrogens is 1. The summed E-state index contributed by atoms with van der Waals surface area (Å²) in [7, 11) is 0. The second-order valence-corrected chi connectivity index (χ2v) is 4.54. The lowest BCUT2D eigenvalue weighted by atomic mass is 10.1. The highest BCUT2D eigenvalue weighted by Crippen LogP contribution is 2.19. The second-order valence-electron chi connectivity index (χ2n) is 3.58. The summed E-state index contributed by atoms with van der Waals surface area (Å²) in [4.78, 5) is 4.07. The zero-order valence-electron chi connectivity index (χ0n) is 8.82. The van der Waals surface area contributed by atoms with Crippen molar-refractivity contribution in [1.29, 1.82) is 0 Å². The summed E-state index contributed by atoms with van der Waals surface area (Å²) in [5.41, 5.74) is 3.94. The third-order valence-electron chi connectivity index (χ3n) is 2.05. The summed E-state index contributed by atoms with van der Waals surface area (Å²) in [6, 6.07) is 6.59. The fraction of sp³-hybridized carbons (Fsp3) is 0.273. The van der Waals surface area contributed by atoms with Crippen molar-refractivity contribution in [3.8, 4) is 0 Å². The number of nitrogens with zero attached hydrogens (tertiary/aromatic N) is 2.